The summed E-state index contributed by atoms with van der Waals surface area (Å²) in [5.41, 5.74) is 0.423. The Balaban J connectivity index is 2.49. The third kappa shape index (κ3) is 7.76. The van der Waals surface area contributed by atoms with Crippen LogP contribution in [0.25, 0.3) is 0 Å². The van der Waals surface area contributed by atoms with Gasteiger partial charge in [0.15, 0.2) is 0 Å². The van der Waals surface area contributed by atoms with Crippen LogP contribution in [0.5, 0.6) is 0 Å². The Morgan fingerprint density at radius 3 is 2.06 bits per heavy atom. The maximum Gasteiger partial charge on any atom is 0.304 e. The van der Waals surface area contributed by atoms with Crippen molar-refractivity contribution in [3.63, 3.8) is 0 Å². The second-order valence-electron chi connectivity index (χ2n) is 9.44. The minimum atomic E-state index is -4.09. The molecule has 192 valence electrons. The number of carbonyl (C=O) groups is 2. The normalized spacial score (nSPS) is 12.8. The number of nitrogens with zero attached hydrogens (tertiary/aromatic N) is 3. The molecule has 0 aliphatic rings. The Kier molecular flexibility index (Phi) is 9.39. The lowest BCUT2D eigenvalue weighted by Gasteiger charge is -2.35. The van der Waals surface area contributed by atoms with Crippen LogP contribution in [0, 0.1) is 5.82 Å². The highest BCUT2D eigenvalue weighted by atomic mass is 32.2. The molecule has 0 unspecified atom stereocenters. The summed E-state index contributed by atoms with van der Waals surface area (Å²) < 4.78 is 41.6. The molecule has 2 rings (SSSR count). The summed E-state index contributed by atoms with van der Waals surface area (Å²) in [6, 6.07) is 13.2. The standard InChI is InChI=1S/C25H35FN4O4S/c1-7-22(24(32)27-25(2,3)4)29(17-19-11-9-8-10-12-19)23(31)18-30(35(33,34)28(5)6)21-15-13-20(26)14-16-21/h8-16,22H,7,17-18H2,1-6H3,(H,27,32)/t22-/m0/s1. The SMILES string of the molecule is CC[C@@H](C(=O)NC(C)(C)C)N(Cc1ccccc1)C(=O)CN(c1ccc(F)cc1)S(=O)(=O)N(C)C. The van der Waals surface area contributed by atoms with Gasteiger partial charge >= 0.3 is 10.2 Å². The second kappa shape index (κ2) is 11.6. The monoisotopic (exact) mass is 506 g/mol. The lowest BCUT2D eigenvalue weighted by molar-refractivity contribution is -0.141. The first-order chi connectivity index (χ1) is 16.3. The summed E-state index contributed by atoms with van der Waals surface area (Å²) in [4.78, 5) is 28.2. The van der Waals surface area contributed by atoms with Crippen molar-refractivity contribution < 1.29 is 22.4 Å². The number of hydrogen-bond acceptors (Lipinski definition) is 4. The molecule has 0 aromatic heterocycles. The average molecular weight is 507 g/mol. The Morgan fingerprint density at radius 2 is 1.57 bits per heavy atom. The number of anilines is 1. The fourth-order valence-electron chi connectivity index (χ4n) is 3.48. The highest BCUT2D eigenvalue weighted by molar-refractivity contribution is 7.90. The van der Waals surface area contributed by atoms with E-state index in [-0.39, 0.29) is 18.1 Å². The first kappa shape index (κ1) is 28.3. The first-order valence-corrected chi connectivity index (χ1v) is 12.8. The molecule has 8 nitrogen and oxygen atoms in total. The van der Waals surface area contributed by atoms with Gasteiger partial charge in [0.25, 0.3) is 0 Å². The average Bonchev–Trinajstić information content (AvgIpc) is 2.77. The van der Waals surface area contributed by atoms with Gasteiger partial charge in [-0.15, -0.1) is 0 Å². The smallest absolute Gasteiger partial charge is 0.304 e. The molecule has 0 aliphatic heterocycles. The summed E-state index contributed by atoms with van der Waals surface area (Å²) in [5, 5.41) is 2.92. The van der Waals surface area contributed by atoms with E-state index in [9.17, 15) is 22.4 Å². The van der Waals surface area contributed by atoms with Crippen LogP contribution in [0.15, 0.2) is 54.6 Å². The molecule has 1 N–H and O–H groups in total. The Labute approximate surface area is 207 Å². The molecule has 0 aliphatic carbocycles. The van der Waals surface area contributed by atoms with E-state index in [4.69, 9.17) is 0 Å². The third-order valence-corrected chi connectivity index (χ3v) is 7.03. The van der Waals surface area contributed by atoms with Crippen LogP contribution in [0.3, 0.4) is 0 Å². The Morgan fingerprint density at radius 1 is 1.00 bits per heavy atom. The maximum absolute atomic E-state index is 13.7. The number of amides is 2. The quantitative estimate of drug-likeness (QED) is 0.536. The summed E-state index contributed by atoms with van der Waals surface area (Å²) in [7, 11) is -1.39. The molecule has 0 spiro atoms. The lowest BCUT2D eigenvalue weighted by Crippen LogP contribution is -2.55. The van der Waals surface area contributed by atoms with Gasteiger partial charge in [-0.3, -0.25) is 9.59 Å². The van der Waals surface area contributed by atoms with Crippen LogP contribution < -0.4 is 9.62 Å². The molecule has 0 saturated heterocycles. The predicted molar refractivity (Wildman–Crippen MR) is 135 cm³/mol. The molecular weight excluding hydrogens is 471 g/mol. The second-order valence-corrected chi connectivity index (χ2v) is 11.5. The molecule has 10 heteroatoms. The van der Waals surface area contributed by atoms with Crippen LogP contribution in [0.4, 0.5) is 10.1 Å². The van der Waals surface area contributed by atoms with Gasteiger partial charge < -0.3 is 10.2 Å². The summed E-state index contributed by atoms with van der Waals surface area (Å²) in [5.74, 6) is -1.41. The molecule has 0 fully saturated rings. The lowest BCUT2D eigenvalue weighted by atomic mass is 10.1. The van der Waals surface area contributed by atoms with Gasteiger partial charge in [-0.25, -0.2) is 8.70 Å². The van der Waals surface area contributed by atoms with Crippen molar-refractivity contribution in [2.75, 3.05) is 24.9 Å². The van der Waals surface area contributed by atoms with E-state index in [0.717, 1.165) is 26.3 Å². The van der Waals surface area contributed by atoms with E-state index in [1.54, 1.807) is 6.92 Å². The van der Waals surface area contributed by atoms with Crippen LogP contribution in [0.1, 0.15) is 39.7 Å². The minimum absolute atomic E-state index is 0.120. The van der Waals surface area contributed by atoms with Crippen molar-refractivity contribution in [3.05, 3.63) is 66.0 Å². The van der Waals surface area contributed by atoms with Gasteiger partial charge in [-0.2, -0.15) is 12.7 Å². The highest BCUT2D eigenvalue weighted by Crippen LogP contribution is 2.22. The minimum Gasteiger partial charge on any atom is -0.350 e. The fraction of sp³-hybridized carbons (Fsp3) is 0.440. The maximum atomic E-state index is 13.7. The molecular formula is C25H35FN4O4S. The fourth-order valence-corrected chi connectivity index (χ4v) is 4.53. The number of nitrogens with one attached hydrogen (secondary N) is 1. The van der Waals surface area contributed by atoms with Gasteiger partial charge in [0, 0.05) is 26.2 Å². The number of hydrogen-bond donors (Lipinski definition) is 1. The van der Waals surface area contributed by atoms with Gasteiger partial charge in [0.05, 0.1) is 5.69 Å². The van der Waals surface area contributed by atoms with E-state index in [1.807, 2.05) is 51.1 Å². The van der Waals surface area contributed by atoms with Crippen molar-refractivity contribution in [2.45, 2.75) is 52.2 Å². The molecule has 0 bridgehead atoms. The Hall–Kier alpha value is -2.98. The number of rotatable bonds is 10. The molecule has 1 atom stereocenters. The van der Waals surface area contributed by atoms with Crippen molar-refractivity contribution >= 4 is 27.7 Å². The summed E-state index contributed by atoms with van der Waals surface area (Å²) in [6.45, 7) is 6.91. The van der Waals surface area contributed by atoms with Crippen LogP contribution in [0.2, 0.25) is 0 Å². The third-order valence-electron chi connectivity index (χ3n) is 5.21. The van der Waals surface area contributed by atoms with E-state index in [1.165, 1.54) is 31.1 Å². The van der Waals surface area contributed by atoms with Gasteiger partial charge in [-0.1, -0.05) is 37.3 Å². The molecule has 0 radical (unpaired) electrons. The topological polar surface area (TPSA) is 90.0 Å². The molecule has 0 saturated carbocycles. The zero-order chi connectivity index (χ0) is 26.4. The van der Waals surface area contributed by atoms with Crippen molar-refractivity contribution in [1.82, 2.24) is 14.5 Å². The largest absolute Gasteiger partial charge is 0.350 e. The van der Waals surface area contributed by atoms with Crippen molar-refractivity contribution in [3.8, 4) is 0 Å². The zero-order valence-electron chi connectivity index (χ0n) is 21.2. The van der Waals surface area contributed by atoms with E-state index in [2.05, 4.69) is 5.32 Å². The number of benzene rings is 2. The molecule has 2 aromatic rings. The molecule has 35 heavy (non-hydrogen) atoms. The van der Waals surface area contributed by atoms with Gasteiger partial charge in [-0.05, 0) is 57.0 Å². The summed E-state index contributed by atoms with van der Waals surface area (Å²) >= 11 is 0. The van der Waals surface area contributed by atoms with Gasteiger partial charge in [0.1, 0.15) is 18.4 Å². The predicted octanol–water partition coefficient (Wildman–Crippen LogP) is 3.16. The highest BCUT2D eigenvalue weighted by Gasteiger charge is 2.34. The Bertz CT molecular complexity index is 1100. The summed E-state index contributed by atoms with van der Waals surface area (Å²) in [6.07, 6.45) is 0.331. The van der Waals surface area contributed by atoms with Crippen molar-refractivity contribution in [1.29, 1.82) is 0 Å². The van der Waals surface area contributed by atoms with Crippen molar-refractivity contribution in [2.24, 2.45) is 0 Å². The van der Waals surface area contributed by atoms with E-state index < -0.39 is 40.1 Å². The van der Waals surface area contributed by atoms with E-state index >= 15 is 0 Å². The van der Waals surface area contributed by atoms with Crippen LogP contribution in [-0.4, -0.2) is 61.7 Å². The van der Waals surface area contributed by atoms with Crippen LogP contribution >= 0.6 is 0 Å². The molecule has 2 aromatic carbocycles. The molecule has 0 heterocycles. The number of halogens is 1. The number of carbonyl (C=O) groups excluding carboxylic acids is 2. The molecule has 2 amide bonds. The zero-order valence-corrected chi connectivity index (χ0v) is 22.0. The van der Waals surface area contributed by atoms with Gasteiger partial charge in [0.2, 0.25) is 11.8 Å². The van der Waals surface area contributed by atoms with E-state index in [0.29, 0.717) is 6.42 Å². The first-order valence-electron chi connectivity index (χ1n) is 11.4. The van der Waals surface area contributed by atoms with Crippen LogP contribution in [-0.2, 0) is 26.3 Å².